The molecule has 1 aromatic carbocycles. The van der Waals surface area contributed by atoms with Gasteiger partial charge in [-0.05, 0) is 51.8 Å². The molecule has 1 N–H and O–H groups in total. The topological polar surface area (TPSA) is 58.6 Å². The summed E-state index contributed by atoms with van der Waals surface area (Å²) in [5.41, 5.74) is 2.69. The van der Waals surface area contributed by atoms with E-state index in [1.54, 1.807) is 18.7 Å². The fourth-order valence-electron chi connectivity index (χ4n) is 2.48. The summed E-state index contributed by atoms with van der Waals surface area (Å²) >= 11 is 0. The molecule has 3 atom stereocenters. The highest BCUT2D eigenvalue weighted by molar-refractivity contribution is 6.08. The molecule has 0 aliphatic carbocycles. The SMILES string of the molecule is CCC(C)OC(=O)C(C)N1C(=O)C(C)Nc2cc(C)ccc21. The van der Waals surface area contributed by atoms with Crippen molar-refractivity contribution in [2.24, 2.45) is 0 Å². The molecule has 5 heteroatoms. The summed E-state index contributed by atoms with van der Waals surface area (Å²) in [5.74, 6) is -0.492. The van der Waals surface area contributed by atoms with Gasteiger partial charge < -0.3 is 10.1 Å². The normalized spacial score (nSPS) is 20.0. The highest BCUT2D eigenvalue weighted by Crippen LogP contribution is 2.34. The summed E-state index contributed by atoms with van der Waals surface area (Å²) in [6, 6.07) is 4.77. The molecule has 120 valence electrons. The van der Waals surface area contributed by atoms with E-state index in [2.05, 4.69) is 5.32 Å². The second-order valence-electron chi connectivity index (χ2n) is 5.93. The van der Waals surface area contributed by atoms with Gasteiger partial charge in [0.1, 0.15) is 12.1 Å². The summed E-state index contributed by atoms with van der Waals surface area (Å²) in [7, 11) is 0. The first-order valence-electron chi connectivity index (χ1n) is 7.75. The van der Waals surface area contributed by atoms with Gasteiger partial charge in [-0.25, -0.2) is 4.79 Å². The lowest BCUT2D eigenvalue weighted by Gasteiger charge is -2.37. The first kappa shape index (κ1) is 16.3. The van der Waals surface area contributed by atoms with Crippen molar-refractivity contribution < 1.29 is 14.3 Å². The lowest BCUT2D eigenvalue weighted by atomic mass is 10.1. The van der Waals surface area contributed by atoms with Gasteiger partial charge >= 0.3 is 5.97 Å². The number of aryl methyl sites for hydroxylation is 1. The monoisotopic (exact) mass is 304 g/mol. The average Bonchev–Trinajstić information content (AvgIpc) is 2.47. The number of anilines is 2. The standard InChI is InChI=1S/C17H24N2O3/c1-6-11(3)22-17(21)13(5)19-15-8-7-10(2)9-14(15)18-12(4)16(19)20/h7-9,11-13,18H,6H2,1-5H3. The first-order valence-corrected chi connectivity index (χ1v) is 7.75. The van der Waals surface area contributed by atoms with E-state index in [0.29, 0.717) is 0 Å². The van der Waals surface area contributed by atoms with Gasteiger partial charge in [0.25, 0.3) is 0 Å². The van der Waals surface area contributed by atoms with Crippen molar-refractivity contribution in [1.82, 2.24) is 0 Å². The minimum Gasteiger partial charge on any atom is -0.461 e. The first-order chi connectivity index (χ1) is 10.3. The highest BCUT2D eigenvalue weighted by Gasteiger charge is 2.36. The number of carbonyl (C=O) groups is 2. The maximum atomic E-state index is 12.5. The molecule has 1 aliphatic heterocycles. The van der Waals surface area contributed by atoms with Crippen molar-refractivity contribution in [2.45, 2.75) is 59.2 Å². The minimum atomic E-state index is -0.646. The maximum Gasteiger partial charge on any atom is 0.329 e. The largest absolute Gasteiger partial charge is 0.461 e. The molecule has 0 bridgehead atoms. The maximum absolute atomic E-state index is 12.5. The Balaban J connectivity index is 2.32. The molecule has 2 rings (SSSR count). The number of carbonyl (C=O) groups excluding carboxylic acids is 2. The third kappa shape index (κ3) is 3.08. The van der Waals surface area contributed by atoms with Crippen LogP contribution < -0.4 is 10.2 Å². The van der Waals surface area contributed by atoms with Crippen LogP contribution in [0.1, 0.15) is 39.7 Å². The Labute approximate surface area is 131 Å². The van der Waals surface area contributed by atoms with Crippen molar-refractivity contribution in [3.05, 3.63) is 23.8 Å². The van der Waals surface area contributed by atoms with Crippen LogP contribution in [0.5, 0.6) is 0 Å². The van der Waals surface area contributed by atoms with Gasteiger partial charge in [-0.3, -0.25) is 9.69 Å². The van der Waals surface area contributed by atoms with E-state index >= 15 is 0 Å². The van der Waals surface area contributed by atoms with Crippen LogP contribution in [0.4, 0.5) is 11.4 Å². The van der Waals surface area contributed by atoms with E-state index in [4.69, 9.17) is 4.74 Å². The van der Waals surface area contributed by atoms with Crippen molar-refractivity contribution in [3.63, 3.8) is 0 Å². The molecular formula is C17H24N2O3. The van der Waals surface area contributed by atoms with Crippen LogP contribution in [0.3, 0.4) is 0 Å². The van der Waals surface area contributed by atoms with E-state index in [-0.39, 0.29) is 24.0 Å². The molecule has 5 nitrogen and oxygen atoms in total. The van der Waals surface area contributed by atoms with Gasteiger partial charge in [0, 0.05) is 0 Å². The highest BCUT2D eigenvalue weighted by atomic mass is 16.5. The zero-order chi connectivity index (χ0) is 16.4. The number of rotatable bonds is 4. The molecule has 1 heterocycles. The Morgan fingerprint density at radius 1 is 1.41 bits per heavy atom. The molecule has 1 aliphatic rings. The number of nitrogens with one attached hydrogen (secondary N) is 1. The van der Waals surface area contributed by atoms with E-state index < -0.39 is 6.04 Å². The van der Waals surface area contributed by atoms with Crippen LogP contribution >= 0.6 is 0 Å². The van der Waals surface area contributed by atoms with E-state index in [9.17, 15) is 9.59 Å². The van der Waals surface area contributed by atoms with Gasteiger partial charge in [-0.15, -0.1) is 0 Å². The zero-order valence-electron chi connectivity index (χ0n) is 13.8. The van der Waals surface area contributed by atoms with Gasteiger partial charge in [0.2, 0.25) is 5.91 Å². The molecule has 0 saturated carbocycles. The van der Waals surface area contributed by atoms with Crippen molar-refractivity contribution in [1.29, 1.82) is 0 Å². The number of hydrogen-bond acceptors (Lipinski definition) is 4. The quantitative estimate of drug-likeness (QED) is 0.869. The Kier molecular flexibility index (Phi) is 4.74. The third-order valence-electron chi connectivity index (χ3n) is 4.01. The molecule has 1 amide bonds. The van der Waals surface area contributed by atoms with Crippen LogP contribution in [0.15, 0.2) is 18.2 Å². The number of fused-ring (bicyclic) bond motifs is 1. The lowest BCUT2D eigenvalue weighted by molar-refractivity contribution is -0.150. The molecular weight excluding hydrogens is 280 g/mol. The van der Waals surface area contributed by atoms with E-state index in [0.717, 1.165) is 23.4 Å². The molecule has 22 heavy (non-hydrogen) atoms. The fraction of sp³-hybridized carbons (Fsp3) is 0.529. The number of nitrogens with zero attached hydrogens (tertiary/aromatic N) is 1. The molecule has 3 unspecified atom stereocenters. The predicted octanol–water partition coefficient (Wildman–Crippen LogP) is 2.87. The van der Waals surface area contributed by atoms with E-state index in [1.165, 1.54) is 0 Å². The lowest BCUT2D eigenvalue weighted by Crippen LogP contribution is -2.53. The van der Waals surface area contributed by atoms with Crippen LogP contribution in [0, 0.1) is 6.92 Å². The van der Waals surface area contributed by atoms with Gasteiger partial charge in [-0.2, -0.15) is 0 Å². The Morgan fingerprint density at radius 2 is 2.09 bits per heavy atom. The number of ether oxygens (including phenoxy) is 1. The fourth-order valence-corrected chi connectivity index (χ4v) is 2.48. The van der Waals surface area contributed by atoms with Crippen molar-refractivity contribution >= 4 is 23.3 Å². The Bertz CT molecular complexity index is 585. The van der Waals surface area contributed by atoms with Gasteiger partial charge in [-0.1, -0.05) is 13.0 Å². The molecule has 0 spiro atoms. The van der Waals surface area contributed by atoms with Crippen LogP contribution in [0.2, 0.25) is 0 Å². The molecule has 0 saturated heterocycles. The second-order valence-corrected chi connectivity index (χ2v) is 5.93. The molecule has 0 radical (unpaired) electrons. The minimum absolute atomic E-state index is 0.120. The zero-order valence-corrected chi connectivity index (χ0v) is 13.8. The summed E-state index contributed by atoms with van der Waals surface area (Å²) in [5, 5.41) is 3.18. The van der Waals surface area contributed by atoms with E-state index in [1.807, 2.05) is 39.0 Å². The molecule has 0 fully saturated rings. The Morgan fingerprint density at radius 3 is 2.73 bits per heavy atom. The smallest absolute Gasteiger partial charge is 0.329 e. The van der Waals surface area contributed by atoms with Gasteiger partial charge in [0.05, 0.1) is 17.5 Å². The number of hydrogen-bond donors (Lipinski definition) is 1. The summed E-state index contributed by atoms with van der Waals surface area (Å²) in [6.07, 6.45) is 0.600. The van der Waals surface area contributed by atoms with Crippen molar-refractivity contribution in [3.8, 4) is 0 Å². The summed E-state index contributed by atoms with van der Waals surface area (Å²) in [6.45, 7) is 9.31. The van der Waals surface area contributed by atoms with Crippen LogP contribution in [0.25, 0.3) is 0 Å². The number of benzene rings is 1. The summed E-state index contributed by atoms with van der Waals surface area (Å²) in [4.78, 5) is 26.4. The van der Waals surface area contributed by atoms with Crippen molar-refractivity contribution in [2.75, 3.05) is 10.2 Å². The summed E-state index contributed by atoms with van der Waals surface area (Å²) < 4.78 is 5.38. The molecule has 1 aromatic rings. The molecule has 0 aromatic heterocycles. The Hall–Kier alpha value is -2.04. The van der Waals surface area contributed by atoms with Crippen LogP contribution in [-0.4, -0.2) is 30.1 Å². The number of amides is 1. The number of esters is 1. The van der Waals surface area contributed by atoms with Crippen LogP contribution in [-0.2, 0) is 14.3 Å². The predicted molar refractivity (Wildman–Crippen MR) is 87.1 cm³/mol. The average molecular weight is 304 g/mol. The second kappa shape index (κ2) is 6.38. The van der Waals surface area contributed by atoms with Gasteiger partial charge in [0.15, 0.2) is 0 Å². The third-order valence-corrected chi connectivity index (χ3v) is 4.01.